The maximum Gasteiger partial charge on any atom is 0.252 e. The molecule has 1 aliphatic heterocycles. The number of aromatic nitrogens is 4. The molecule has 0 aliphatic carbocycles. The van der Waals surface area contributed by atoms with E-state index in [1.165, 1.54) is 11.8 Å². The summed E-state index contributed by atoms with van der Waals surface area (Å²) in [6, 6.07) is 16.9. The molecule has 1 amide bonds. The van der Waals surface area contributed by atoms with Gasteiger partial charge in [-0.05, 0) is 53.7 Å². The highest BCUT2D eigenvalue weighted by molar-refractivity contribution is 8.00. The van der Waals surface area contributed by atoms with Gasteiger partial charge < -0.3 is 5.32 Å². The third-order valence-corrected chi connectivity index (χ3v) is 7.45. The Morgan fingerprint density at radius 2 is 1.82 bits per heavy atom. The molecule has 34 heavy (non-hydrogen) atoms. The van der Waals surface area contributed by atoms with Crippen LogP contribution >= 0.6 is 47.2 Å². The number of benzene rings is 2. The molecule has 4 aromatic rings. The molecule has 1 aliphatic rings. The topological polar surface area (TPSA) is 78.8 Å². The number of hydrogen-bond acceptors (Lipinski definition) is 6. The van der Waals surface area contributed by atoms with E-state index in [0.29, 0.717) is 38.5 Å². The molecule has 1 atom stereocenters. The smallest absolute Gasteiger partial charge is 0.252 e. The Hall–Kier alpha value is -2.85. The molecule has 1 unspecified atom stereocenters. The first-order chi connectivity index (χ1) is 16.5. The van der Waals surface area contributed by atoms with Crippen LogP contribution in [-0.2, 0) is 11.2 Å². The zero-order chi connectivity index (χ0) is 23.7. The summed E-state index contributed by atoms with van der Waals surface area (Å²) in [7, 11) is 0. The normalized spacial score (nSPS) is 15.6. The van der Waals surface area contributed by atoms with Crippen LogP contribution in [0.4, 0.5) is 11.4 Å². The molecule has 0 radical (unpaired) electrons. The lowest BCUT2D eigenvalue weighted by Gasteiger charge is -2.26. The fourth-order valence-electron chi connectivity index (χ4n) is 3.78. The Morgan fingerprint density at radius 3 is 2.59 bits per heavy atom. The average molecular weight is 529 g/mol. The van der Waals surface area contributed by atoms with E-state index < -0.39 is 0 Å². The van der Waals surface area contributed by atoms with Crippen molar-refractivity contribution < 1.29 is 4.79 Å². The van der Waals surface area contributed by atoms with Gasteiger partial charge in [0.25, 0.3) is 5.91 Å². The minimum Gasteiger partial charge on any atom is -0.353 e. The number of aromatic amines is 1. The molecule has 5 rings (SSSR count). The number of anilines is 2. The number of amides is 1. The lowest BCUT2D eigenvalue weighted by atomic mass is 10.1. The maximum absolute atomic E-state index is 12.9. The number of nitrogens with one attached hydrogen (secondary N) is 2. The summed E-state index contributed by atoms with van der Waals surface area (Å²) in [6.45, 7) is 0. The number of pyridine rings is 1. The van der Waals surface area contributed by atoms with E-state index in [-0.39, 0.29) is 11.3 Å². The quantitative estimate of drug-likeness (QED) is 0.304. The Morgan fingerprint density at radius 1 is 1.09 bits per heavy atom. The average Bonchev–Trinajstić information content (AvgIpc) is 3.39. The van der Waals surface area contributed by atoms with Crippen LogP contribution in [0.15, 0.2) is 67.0 Å². The van der Waals surface area contributed by atoms with Crippen molar-refractivity contribution in [1.29, 1.82) is 0 Å². The van der Waals surface area contributed by atoms with Gasteiger partial charge in [-0.3, -0.25) is 14.9 Å². The summed E-state index contributed by atoms with van der Waals surface area (Å²) in [5, 5.41) is 13.1. The number of hydrogen-bond donors (Lipinski definition) is 2. The second-order valence-corrected chi connectivity index (χ2v) is 9.76. The van der Waals surface area contributed by atoms with E-state index in [1.54, 1.807) is 40.3 Å². The lowest BCUT2D eigenvalue weighted by molar-refractivity contribution is -0.117. The molecule has 1 fully saturated rings. The van der Waals surface area contributed by atoms with Crippen LogP contribution < -0.4 is 10.3 Å². The molecule has 1 saturated heterocycles. The standard InChI is InChI=1S/C23H18Cl2N6OS2/c24-16-5-3-6-17(25)21(16)27-18-7-2-1-4-15(18)12-19-28-29-23(33)30(19)31-20(32)13-34-22(31)14-8-10-26-11-9-14/h1-11,22,27H,12-13H2,(H,29,33). The van der Waals surface area contributed by atoms with E-state index in [4.69, 9.17) is 35.4 Å². The van der Waals surface area contributed by atoms with Gasteiger partial charge in [0.05, 0.1) is 21.5 Å². The van der Waals surface area contributed by atoms with Gasteiger partial charge in [-0.25, -0.2) is 9.69 Å². The first kappa shape index (κ1) is 22.9. The fraction of sp³-hybridized carbons (Fsp3) is 0.130. The molecule has 2 aromatic carbocycles. The van der Waals surface area contributed by atoms with Crippen LogP contribution in [0, 0.1) is 4.77 Å². The molecule has 172 valence electrons. The Kier molecular flexibility index (Phi) is 6.60. The molecular weight excluding hydrogens is 511 g/mol. The predicted octanol–water partition coefficient (Wildman–Crippen LogP) is 5.89. The number of para-hydroxylation sites is 2. The monoisotopic (exact) mass is 528 g/mol. The fourth-order valence-corrected chi connectivity index (χ4v) is 5.65. The molecule has 2 N–H and O–H groups in total. The van der Waals surface area contributed by atoms with Gasteiger partial charge in [-0.1, -0.05) is 47.5 Å². The highest BCUT2D eigenvalue weighted by Crippen LogP contribution is 2.38. The van der Waals surface area contributed by atoms with Crippen LogP contribution in [-0.4, -0.2) is 31.5 Å². The molecule has 0 bridgehead atoms. The van der Waals surface area contributed by atoms with Crippen molar-refractivity contribution in [2.45, 2.75) is 11.8 Å². The van der Waals surface area contributed by atoms with Crippen molar-refractivity contribution in [3.05, 3.63) is 98.8 Å². The summed E-state index contributed by atoms with van der Waals surface area (Å²) >= 11 is 19.8. The second kappa shape index (κ2) is 9.79. The molecule has 2 aromatic heterocycles. The Balaban J connectivity index is 1.50. The molecule has 11 heteroatoms. The zero-order valence-corrected chi connectivity index (χ0v) is 20.8. The van der Waals surface area contributed by atoms with Crippen LogP contribution in [0.1, 0.15) is 22.3 Å². The number of thioether (sulfide) groups is 1. The predicted molar refractivity (Wildman–Crippen MR) is 139 cm³/mol. The maximum atomic E-state index is 12.9. The molecule has 0 saturated carbocycles. The first-order valence-electron chi connectivity index (χ1n) is 10.3. The summed E-state index contributed by atoms with van der Waals surface area (Å²) in [4.78, 5) is 17.0. The van der Waals surface area contributed by atoms with Gasteiger partial charge in [0.15, 0.2) is 5.82 Å². The SMILES string of the molecule is O=C1CSC(c2ccncc2)N1n1c(Cc2ccccc2Nc2c(Cl)cccc2Cl)n[nH]c1=S. The Labute approximate surface area is 215 Å². The molecular formula is C23H18Cl2N6OS2. The van der Waals surface area contributed by atoms with Crippen LogP contribution in [0.2, 0.25) is 10.0 Å². The van der Waals surface area contributed by atoms with Crippen LogP contribution in [0.25, 0.3) is 0 Å². The van der Waals surface area contributed by atoms with Crippen molar-refractivity contribution in [3.8, 4) is 0 Å². The number of halogens is 2. The number of H-pyrrole nitrogens is 1. The highest BCUT2D eigenvalue weighted by atomic mass is 35.5. The van der Waals surface area contributed by atoms with Crippen molar-refractivity contribution in [1.82, 2.24) is 19.9 Å². The molecule has 3 heterocycles. The van der Waals surface area contributed by atoms with Gasteiger partial charge >= 0.3 is 0 Å². The number of rotatable bonds is 6. The number of carbonyl (C=O) groups excluding carboxylic acids is 1. The lowest BCUT2D eigenvalue weighted by Crippen LogP contribution is -2.39. The zero-order valence-electron chi connectivity index (χ0n) is 17.6. The largest absolute Gasteiger partial charge is 0.353 e. The summed E-state index contributed by atoms with van der Waals surface area (Å²) in [6.07, 6.45) is 3.85. The van der Waals surface area contributed by atoms with Gasteiger partial charge in [0.2, 0.25) is 4.77 Å². The van der Waals surface area contributed by atoms with Crippen molar-refractivity contribution >= 4 is 64.5 Å². The minimum atomic E-state index is -0.228. The van der Waals surface area contributed by atoms with E-state index in [0.717, 1.165) is 16.8 Å². The second-order valence-electron chi connectivity index (χ2n) is 7.49. The van der Waals surface area contributed by atoms with E-state index in [1.807, 2.05) is 36.4 Å². The first-order valence-corrected chi connectivity index (χ1v) is 12.5. The minimum absolute atomic E-state index is 0.0418. The van der Waals surface area contributed by atoms with Gasteiger partial charge in [0, 0.05) is 24.5 Å². The summed E-state index contributed by atoms with van der Waals surface area (Å²) in [5.41, 5.74) is 3.36. The number of carbonyl (C=O) groups is 1. The van der Waals surface area contributed by atoms with Crippen molar-refractivity contribution in [3.63, 3.8) is 0 Å². The van der Waals surface area contributed by atoms with E-state index in [9.17, 15) is 4.79 Å². The van der Waals surface area contributed by atoms with Gasteiger partial charge in [0.1, 0.15) is 5.37 Å². The Bertz CT molecular complexity index is 1390. The van der Waals surface area contributed by atoms with Crippen LogP contribution in [0.3, 0.4) is 0 Å². The van der Waals surface area contributed by atoms with E-state index >= 15 is 0 Å². The van der Waals surface area contributed by atoms with Crippen molar-refractivity contribution in [2.75, 3.05) is 16.1 Å². The van der Waals surface area contributed by atoms with Gasteiger partial charge in [-0.15, -0.1) is 11.8 Å². The molecule has 0 spiro atoms. The number of nitrogens with zero attached hydrogens (tertiary/aromatic N) is 4. The van der Waals surface area contributed by atoms with Crippen LogP contribution in [0.5, 0.6) is 0 Å². The summed E-state index contributed by atoms with van der Waals surface area (Å²) < 4.78 is 2.05. The van der Waals surface area contributed by atoms with E-state index in [2.05, 4.69) is 20.5 Å². The van der Waals surface area contributed by atoms with Crippen molar-refractivity contribution in [2.24, 2.45) is 0 Å². The molecule has 7 nitrogen and oxygen atoms in total. The third-order valence-electron chi connectivity index (χ3n) is 5.35. The highest BCUT2D eigenvalue weighted by Gasteiger charge is 2.36. The van der Waals surface area contributed by atoms with Gasteiger partial charge in [-0.2, -0.15) is 5.10 Å². The third kappa shape index (κ3) is 4.44. The summed E-state index contributed by atoms with van der Waals surface area (Å²) in [5.74, 6) is 0.918.